The van der Waals surface area contributed by atoms with E-state index < -0.39 is 0 Å². The molecular weight excluding hydrogens is 412 g/mol. The maximum Gasteiger partial charge on any atom is 0.203 e. The second kappa shape index (κ2) is 8.47. The molecular formula is C25H32O5S. The number of fused-ring (bicyclic) bond motifs is 3. The number of ether oxygens (including phenoxy) is 3. The molecule has 168 valence electrons. The number of methoxy groups -OCH3 is 2. The Balaban J connectivity index is 1.48. The van der Waals surface area contributed by atoms with E-state index in [4.69, 9.17) is 19.3 Å². The lowest BCUT2D eigenvalue weighted by Crippen LogP contribution is -2.06. The number of hydrogen-bond acceptors (Lipinski definition) is 6. The zero-order valence-electron chi connectivity index (χ0n) is 19.0. The summed E-state index contributed by atoms with van der Waals surface area (Å²) in [5, 5.41) is 8.99. The Morgan fingerprint density at radius 3 is 2.52 bits per heavy atom. The zero-order valence-corrected chi connectivity index (χ0v) is 19.9. The van der Waals surface area contributed by atoms with Gasteiger partial charge < -0.3 is 19.3 Å². The molecule has 0 radical (unpaired) electrons. The largest absolute Gasteiger partial charge is 0.493 e. The van der Waals surface area contributed by atoms with Crippen LogP contribution in [0.3, 0.4) is 0 Å². The first kappa shape index (κ1) is 22.2. The molecule has 0 unspecified atom stereocenters. The zero-order chi connectivity index (χ0) is 22.3. The summed E-state index contributed by atoms with van der Waals surface area (Å²) in [5.41, 5.74) is 4.17. The van der Waals surface area contributed by atoms with Gasteiger partial charge in [0.15, 0.2) is 17.3 Å². The lowest BCUT2D eigenvalue weighted by molar-refractivity contribution is 0.0985. The number of aliphatic hydroxyl groups excluding tert-OH is 1. The second-order valence-corrected chi connectivity index (χ2v) is 10.4. The summed E-state index contributed by atoms with van der Waals surface area (Å²) in [6.45, 7) is 7.31. The Hall–Kier alpha value is -2.05. The van der Waals surface area contributed by atoms with Crippen LogP contribution in [-0.4, -0.2) is 38.3 Å². The summed E-state index contributed by atoms with van der Waals surface area (Å²) in [7, 11) is 3.18. The number of carbonyl (C=O) groups excluding carboxylic acids is 1. The minimum Gasteiger partial charge on any atom is -0.493 e. The van der Waals surface area contributed by atoms with Crippen molar-refractivity contribution < 1.29 is 24.1 Å². The smallest absolute Gasteiger partial charge is 0.203 e. The van der Waals surface area contributed by atoms with Crippen LogP contribution in [0.15, 0.2) is 12.1 Å². The topological polar surface area (TPSA) is 65.0 Å². The van der Waals surface area contributed by atoms with E-state index in [-0.39, 0.29) is 12.4 Å². The van der Waals surface area contributed by atoms with Gasteiger partial charge in [0.2, 0.25) is 5.75 Å². The van der Waals surface area contributed by atoms with E-state index >= 15 is 0 Å². The van der Waals surface area contributed by atoms with Crippen LogP contribution in [-0.2, 0) is 12.8 Å². The van der Waals surface area contributed by atoms with Gasteiger partial charge in [-0.05, 0) is 65.8 Å². The minimum atomic E-state index is 0.0652. The molecule has 0 saturated heterocycles. The molecule has 0 aliphatic heterocycles. The Labute approximate surface area is 188 Å². The van der Waals surface area contributed by atoms with Gasteiger partial charge >= 0.3 is 0 Å². The average Bonchev–Trinajstić information content (AvgIpc) is 3.06. The van der Waals surface area contributed by atoms with Crippen LogP contribution in [0.25, 0.3) is 0 Å². The fourth-order valence-electron chi connectivity index (χ4n) is 5.19. The number of thiophene rings is 1. The maximum atomic E-state index is 13.1. The molecule has 2 aromatic rings. The van der Waals surface area contributed by atoms with E-state index in [1.54, 1.807) is 25.6 Å². The predicted octanol–water partition coefficient (Wildman–Crippen LogP) is 4.95. The molecule has 1 heterocycles. The number of carbonyl (C=O) groups is 1. The van der Waals surface area contributed by atoms with Gasteiger partial charge in [-0.3, -0.25) is 4.79 Å². The van der Waals surface area contributed by atoms with Gasteiger partial charge in [0.25, 0.3) is 0 Å². The van der Waals surface area contributed by atoms with Crippen molar-refractivity contribution >= 4 is 17.1 Å². The molecule has 0 bridgehead atoms. The van der Waals surface area contributed by atoms with E-state index in [0.29, 0.717) is 60.4 Å². The van der Waals surface area contributed by atoms with E-state index in [2.05, 4.69) is 20.8 Å². The third kappa shape index (κ3) is 3.85. The molecule has 2 aliphatic carbocycles. The van der Waals surface area contributed by atoms with Gasteiger partial charge in [0, 0.05) is 24.3 Å². The number of Topliss-reactive ketones (excluding diaryl/α,β-unsaturated/α-hetero) is 1. The first-order valence-electron chi connectivity index (χ1n) is 11.0. The van der Waals surface area contributed by atoms with Crippen LogP contribution in [0.4, 0.5) is 0 Å². The van der Waals surface area contributed by atoms with Crippen molar-refractivity contribution in [2.24, 2.45) is 11.3 Å². The van der Waals surface area contributed by atoms with E-state index in [9.17, 15) is 4.79 Å². The highest BCUT2D eigenvalue weighted by Gasteiger charge is 2.63. The highest BCUT2D eigenvalue weighted by molar-refractivity contribution is 7.14. The SMILES string of the molecule is COc1cc(CCC(=O)c2sc(C)c3c2C[C@@H]2[C@H]3C2(C)C)cc(OC)c1OCCCO. The van der Waals surface area contributed by atoms with Crippen LogP contribution in [0.5, 0.6) is 17.2 Å². The molecule has 6 heteroatoms. The van der Waals surface area contributed by atoms with Gasteiger partial charge in [-0.15, -0.1) is 11.3 Å². The molecule has 0 amide bonds. The first-order chi connectivity index (χ1) is 14.8. The molecule has 31 heavy (non-hydrogen) atoms. The summed E-state index contributed by atoms with van der Waals surface area (Å²) < 4.78 is 16.7. The molecule has 0 spiro atoms. The summed E-state index contributed by atoms with van der Waals surface area (Å²) in [5.74, 6) is 3.27. The number of aliphatic hydroxyl groups is 1. The molecule has 1 saturated carbocycles. The predicted molar refractivity (Wildman–Crippen MR) is 122 cm³/mol. The Morgan fingerprint density at radius 2 is 1.90 bits per heavy atom. The van der Waals surface area contributed by atoms with Crippen molar-refractivity contribution in [3.63, 3.8) is 0 Å². The van der Waals surface area contributed by atoms with Gasteiger partial charge in [-0.1, -0.05) is 13.8 Å². The van der Waals surface area contributed by atoms with Crippen LogP contribution in [0, 0.1) is 18.3 Å². The summed E-state index contributed by atoms with van der Waals surface area (Å²) in [6, 6.07) is 3.82. The monoisotopic (exact) mass is 444 g/mol. The summed E-state index contributed by atoms with van der Waals surface area (Å²) in [4.78, 5) is 15.4. The number of aryl methyl sites for hydroxylation is 2. The van der Waals surface area contributed by atoms with Crippen LogP contribution in [0.1, 0.15) is 63.8 Å². The fourth-order valence-corrected chi connectivity index (χ4v) is 6.39. The molecule has 2 aliphatic rings. The maximum absolute atomic E-state index is 13.1. The Morgan fingerprint density at radius 1 is 1.23 bits per heavy atom. The van der Waals surface area contributed by atoms with Crippen molar-refractivity contribution in [3.8, 4) is 17.2 Å². The molecule has 1 fully saturated rings. The van der Waals surface area contributed by atoms with Gasteiger partial charge in [0.1, 0.15) is 0 Å². The quantitative estimate of drug-likeness (QED) is 0.415. The number of hydrogen-bond donors (Lipinski definition) is 1. The average molecular weight is 445 g/mol. The van der Waals surface area contributed by atoms with Crippen molar-refractivity contribution in [1.29, 1.82) is 0 Å². The molecule has 1 aromatic heterocycles. The van der Waals surface area contributed by atoms with Gasteiger partial charge in [0.05, 0.1) is 25.7 Å². The van der Waals surface area contributed by atoms with Crippen molar-refractivity contribution in [1.82, 2.24) is 0 Å². The minimum absolute atomic E-state index is 0.0652. The molecule has 4 rings (SSSR count). The fraction of sp³-hybridized carbons (Fsp3) is 0.560. The molecule has 1 N–H and O–H groups in total. The van der Waals surface area contributed by atoms with Crippen molar-refractivity contribution in [3.05, 3.63) is 38.6 Å². The number of rotatable bonds is 10. The highest BCUT2D eigenvalue weighted by Crippen LogP contribution is 2.71. The number of benzene rings is 1. The Bertz CT molecular complexity index is 965. The van der Waals surface area contributed by atoms with Gasteiger partial charge in [-0.25, -0.2) is 0 Å². The van der Waals surface area contributed by atoms with E-state index in [0.717, 1.165) is 16.9 Å². The van der Waals surface area contributed by atoms with Crippen molar-refractivity contribution in [2.75, 3.05) is 27.4 Å². The second-order valence-electron chi connectivity index (χ2n) is 9.17. The first-order valence-corrected chi connectivity index (χ1v) is 11.8. The lowest BCUT2D eigenvalue weighted by Gasteiger charge is -2.16. The third-order valence-electron chi connectivity index (χ3n) is 6.98. The van der Waals surface area contributed by atoms with Gasteiger partial charge in [-0.2, -0.15) is 0 Å². The highest BCUT2D eigenvalue weighted by atomic mass is 32.1. The normalized spacial score (nSPS) is 20.2. The summed E-state index contributed by atoms with van der Waals surface area (Å²) in [6.07, 6.45) is 2.67. The molecule has 5 nitrogen and oxygen atoms in total. The van der Waals surface area contributed by atoms with E-state index in [1.165, 1.54) is 16.0 Å². The third-order valence-corrected chi connectivity index (χ3v) is 8.19. The van der Waals surface area contributed by atoms with Crippen LogP contribution >= 0.6 is 11.3 Å². The standard InChI is InChI=1S/C25H32O5S/c1-14-21-16(13-17-22(21)25(17,2)3)24(31-14)18(27)8-7-15-11-19(28-4)23(20(12-15)29-5)30-10-6-9-26/h11-12,17,22,26H,6-10,13H2,1-5H3/t17-,22-/m1/s1. The van der Waals surface area contributed by atoms with Crippen LogP contribution < -0.4 is 14.2 Å². The molecule has 1 aromatic carbocycles. The van der Waals surface area contributed by atoms with Crippen molar-refractivity contribution in [2.45, 2.75) is 52.4 Å². The Kier molecular flexibility index (Phi) is 6.05. The van der Waals surface area contributed by atoms with E-state index in [1.807, 2.05) is 12.1 Å². The molecule has 2 atom stereocenters. The number of ketones is 1. The van der Waals surface area contributed by atoms with Crippen LogP contribution in [0.2, 0.25) is 0 Å². The summed E-state index contributed by atoms with van der Waals surface area (Å²) >= 11 is 1.68. The lowest BCUT2D eigenvalue weighted by atomic mass is 9.94.